The van der Waals surface area contributed by atoms with E-state index in [0.29, 0.717) is 24.6 Å². The predicted molar refractivity (Wildman–Crippen MR) is 131 cm³/mol. The largest absolute Gasteiger partial charge is 0.361 e. The second kappa shape index (κ2) is 9.13. The van der Waals surface area contributed by atoms with Crippen molar-refractivity contribution in [1.29, 1.82) is 0 Å². The minimum atomic E-state index is -3.70. The van der Waals surface area contributed by atoms with Crippen LogP contribution in [0.3, 0.4) is 0 Å². The quantitative estimate of drug-likeness (QED) is 0.420. The number of piperidine rings is 1. The third-order valence-electron chi connectivity index (χ3n) is 6.25. The molecular formula is C25H25N3O3S2. The molecule has 2 aromatic carbocycles. The Hall–Kier alpha value is -2.94. The van der Waals surface area contributed by atoms with Gasteiger partial charge in [-0.2, -0.15) is 0 Å². The predicted octanol–water partition coefficient (Wildman–Crippen LogP) is 4.73. The standard InChI is InChI=1S/C25H25N3O3S2/c29-25(19-5-3-7-21(15-19)33(30,31)27-16-20-6-4-14-32-20)28-12-10-18(11-13-28)23-17-26-24-9-2-1-8-22(23)24/h1-9,14-15,17-18,26-27H,10-13,16H2. The van der Waals surface area contributed by atoms with Crippen LogP contribution in [0.4, 0.5) is 0 Å². The number of carbonyl (C=O) groups excluding carboxylic acids is 1. The highest BCUT2D eigenvalue weighted by Crippen LogP contribution is 2.33. The fourth-order valence-corrected chi connectivity index (χ4v) is 6.25. The lowest BCUT2D eigenvalue weighted by atomic mass is 9.89. The van der Waals surface area contributed by atoms with Crippen LogP contribution in [0.2, 0.25) is 0 Å². The van der Waals surface area contributed by atoms with E-state index < -0.39 is 10.0 Å². The minimum Gasteiger partial charge on any atom is -0.361 e. The van der Waals surface area contributed by atoms with Crippen molar-refractivity contribution in [3.8, 4) is 0 Å². The minimum absolute atomic E-state index is 0.110. The van der Waals surface area contributed by atoms with Crippen LogP contribution in [-0.2, 0) is 16.6 Å². The van der Waals surface area contributed by atoms with Gasteiger partial charge in [0, 0.05) is 47.2 Å². The summed E-state index contributed by atoms with van der Waals surface area (Å²) in [5, 5.41) is 3.15. The molecule has 0 bridgehead atoms. The monoisotopic (exact) mass is 479 g/mol. The number of benzene rings is 2. The molecule has 1 fully saturated rings. The number of thiophene rings is 1. The normalized spacial score (nSPS) is 15.2. The van der Waals surface area contributed by atoms with Crippen LogP contribution in [0.5, 0.6) is 0 Å². The van der Waals surface area contributed by atoms with Crippen LogP contribution in [-0.4, -0.2) is 37.3 Å². The van der Waals surface area contributed by atoms with Gasteiger partial charge in [0.1, 0.15) is 0 Å². The van der Waals surface area contributed by atoms with Gasteiger partial charge in [0.05, 0.1) is 4.90 Å². The van der Waals surface area contributed by atoms with Gasteiger partial charge in [0.25, 0.3) is 5.91 Å². The molecule has 0 spiro atoms. The zero-order valence-corrected chi connectivity index (χ0v) is 19.7. The van der Waals surface area contributed by atoms with Crippen LogP contribution in [0.15, 0.2) is 77.1 Å². The first-order valence-electron chi connectivity index (χ1n) is 11.0. The molecule has 0 unspecified atom stereocenters. The summed E-state index contributed by atoms with van der Waals surface area (Å²) >= 11 is 1.50. The average Bonchev–Trinajstić information content (AvgIpc) is 3.53. The van der Waals surface area contributed by atoms with Crippen LogP contribution >= 0.6 is 11.3 Å². The number of carbonyl (C=O) groups is 1. The lowest BCUT2D eigenvalue weighted by Gasteiger charge is -2.32. The van der Waals surface area contributed by atoms with Gasteiger partial charge in [-0.15, -0.1) is 11.3 Å². The molecule has 1 aliphatic heterocycles. The maximum absolute atomic E-state index is 13.1. The fourth-order valence-electron chi connectivity index (χ4n) is 4.47. The van der Waals surface area contributed by atoms with E-state index in [1.807, 2.05) is 28.5 Å². The lowest BCUT2D eigenvalue weighted by molar-refractivity contribution is 0.0713. The highest BCUT2D eigenvalue weighted by Gasteiger charge is 2.27. The second-order valence-corrected chi connectivity index (χ2v) is 11.1. The van der Waals surface area contributed by atoms with Crippen molar-refractivity contribution < 1.29 is 13.2 Å². The van der Waals surface area contributed by atoms with E-state index in [9.17, 15) is 13.2 Å². The maximum Gasteiger partial charge on any atom is 0.253 e. The molecule has 6 nitrogen and oxygen atoms in total. The zero-order chi connectivity index (χ0) is 22.8. The lowest BCUT2D eigenvalue weighted by Crippen LogP contribution is -2.38. The van der Waals surface area contributed by atoms with E-state index in [1.165, 1.54) is 34.4 Å². The third-order valence-corrected chi connectivity index (χ3v) is 8.53. The average molecular weight is 480 g/mol. The maximum atomic E-state index is 13.1. The van der Waals surface area contributed by atoms with Gasteiger partial charge < -0.3 is 9.88 Å². The molecule has 0 saturated carbocycles. The van der Waals surface area contributed by atoms with E-state index in [0.717, 1.165) is 23.2 Å². The second-order valence-electron chi connectivity index (χ2n) is 8.29. The number of nitrogens with zero attached hydrogens (tertiary/aromatic N) is 1. The molecule has 2 N–H and O–H groups in total. The molecule has 8 heteroatoms. The molecule has 2 aromatic heterocycles. The Morgan fingerprint density at radius 1 is 1.06 bits per heavy atom. The first-order chi connectivity index (χ1) is 16.0. The van der Waals surface area contributed by atoms with Crippen molar-refractivity contribution in [3.05, 3.63) is 88.2 Å². The Morgan fingerprint density at radius 3 is 2.67 bits per heavy atom. The molecule has 4 aromatic rings. The molecule has 0 aliphatic carbocycles. The van der Waals surface area contributed by atoms with E-state index in [1.54, 1.807) is 12.1 Å². The number of aromatic nitrogens is 1. The summed E-state index contributed by atoms with van der Waals surface area (Å²) in [6.07, 6.45) is 3.85. The molecule has 3 heterocycles. The number of fused-ring (bicyclic) bond motifs is 1. The van der Waals surface area contributed by atoms with Crippen LogP contribution in [0, 0.1) is 0 Å². The summed E-state index contributed by atoms with van der Waals surface area (Å²) in [5.74, 6) is 0.279. The van der Waals surface area contributed by atoms with E-state index in [2.05, 4.69) is 34.1 Å². The van der Waals surface area contributed by atoms with Gasteiger partial charge in [0.15, 0.2) is 0 Å². The van der Waals surface area contributed by atoms with Crippen molar-refractivity contribution in [2.24, 2.45) is 0 Å². The van der Waals surface area contributed by atoms with E-state index >= 15 is 0 Å². The summed E-state index contributed by atoms with van der Waals surface area (Å²) in [6, 6.07) is 18.4. The smallest absolute Gasteiger partial charge is 0.253 e. The Kier molecular flexibility index (Phi) is 6.05. The number of sulfonamides is 1. The summed E-state index contributed by atoms with van der Waals surface area (Å²) < 4.78 is 28.1. The number of H-pyrrole nitrogens is 1. The van der Waals surface area contributed by atoms with Crippen molar-refractivity contribution >= 4 is 38.2 Å². The van der Waals surface area contributed by atoms with Crippen LogP contribution in [0.25, 0.3) is 10.9 Å². The third kappa shape index (κ3) is 4.59. The first-order valence-corrected chi connectivity index (χ1v) is 13.3. The van der Waals surface area contributed by atoms with Gasteiger partial charge in [-0.05, 0) is 60.0 Å². The van der Waals surface area contributed by atoms with E-state index in [4.69, 9.17) is 0 Å². The molecule has 0 radical (unpaired) electrons. The van der Waals surface area contributed by atoms with Crippen LogP contribution < -0.4 is 4.72 Å². The number of likely N-dealkylation sites (tertiary alicyclic amines) is 1. The number of amides is 1. The van der Waals surface area contributed by atoms with Gasteiger partial charge in [-0.25, -0.2) is 13.1 Å². The van der Waals surface area contributed by atoms with Crippen molar-refractivity contribution in [2.45, 2.75) is 30.2 Å². The Bertz CT molecular complexity index is 1370. The van der Waals surface area contributed by atoms with E-state index in [-0.39, 0.29) is 17.3 Å². The van der Waals surface area contributed by atoms with Crippen molar-refractivity contribution in [1.82, 2.24) is 14.6 Å². The van der Waals surface area contributed by atoms with Crippen LogP contribution in [0.1, 0.15) is 39.6 Å². The number of para-hydroxylation sites is 1. The summed E-state index contributed by atoms with van der Waals surface area (Å²) in [6.45, 7) is 1.53. The molecule has 170 valence electrons. The summed E-state index contributed by atoms with van der Waals surface area (Å²) in [5.41, 5.74) is 2.85. The Labute approximate surface area is 197 Å². The first kappa shape index (κ1) is 21.9. The number of rotatable bonds is 6. The summed E-state index contributed by atoms with van der Waals surface area (Å²) in [7, 11) is -3.70. The summed E-state index contributed by atoms with van der Waals surface area (Å²) in [4.78, 5) is 19.4. The van der Waals surface area contributed by atoms with Crippen molar-refractivity contribution in [3.63, 3.8) is 0 Å². The number of nitrogens with one attached hydrogen (secondary N) is 2. The number of hydrogen-bond donors (Lipinski definition) is 2. The topological polar surface area (TPSA) is 82.3 Å². The number of hydrogen-bond acceptors (Lipinski definition) is 4. The molecular weight excluding hydrogens is 454 g/mol. The molecule has 1 aliphatic rings. The molecule has 33 heavy (non-hydrogen) atoms. The van der Waals surface area contributed by atoms with Gasteiger partial charge >= 0.3 is 0 Å². The SMILES string of the molecule is O=C(c1cccc(S(=O)(=O)NCc2cccs2)c1)N1CCC(c2c[nH]c3ccccc23)CC1. The highest BCUT2D eigenvalue weighted by atomic mass is 32.2. The highest BCUT2D eigenvalue weighted by molar-refractivity contribution is 7.89. The Balaban J connectivity index is 1.26. The van der Waals surface area contributed by atoms with Gasteiger partial charge in [-0.3, -0.25) is 4.79 Å². The molecule has 5 rings (SSSR count). The number of aromatic amines is 1. The molecule has 1 saturated heterocycles. The van der Waals surface area contributed by atoms with Crippen molar-refractivity contribution in [2.75, 3.05) is 13.1 Å². The fraction of sp³-hybridized carbons (Fsp3) is 0.240. The molecule has 0 atom stereocenters. The molecule has 1 amide bonds. The van der Waals surface area contributed by atoms with Gasteiger partial charge in [-0.1, -0.05) is 30.3 Å². The van der Waals surface area contributed by atoms with Gasteiger partial charge in [0.2, 0.25) is 10.0 Å². The Morgan fingerprint density at radius 2 is 1.88 bits per heavy atom. The zero-order valence-electron chi connectivity index (χ0n) is 18.0.